The molecule has 8 rings (SSSR count). The van der Waals surface area contributed by atoms with Crippen LogP contribution in [0.4, 0.5) is 8.78 Å². The molecular formula is C40H57F2NO6. The first-order valence-corrected chi connectivity index (χ1v) is 19.1. The molecule has 0 radical (unpaired) electrons. The van der Waals surface area contributed by atoms with Gasteiger partial charge in [0.1, 0.15) is 17.7 Å². The summed E-state index contributed by atoms with van der Waals surface area (Å²) < 4.78 is 47.0. The third-order valence-corrected chi connectivity index (χ3v) is 15.6. The standard InChI is InChI=1S/C40H57F2NO6/c1-36(2)31-9-7-26-28-20-30-27(6-8-29(48-30)35(45)37(3,4)46)38(28,5)12-13-39(26)22-40(31,39)11-10-32(36)49-34-21-43(14-15-47-34)33(44)18-23-16-24(41)19-25(42)17-23/h16-17,19,26-32,34-35,45-46H,6-15,18,20-22H2,1-5H3/t26?,27?,28?,29?,30?,31?,32-,34?,35-,38?,39-,40?/m0/s1. The van der Waals surface area contributed by atoms with Crippen LogP contribution >= 0.6 is 0 Å². The Hall–Kier alpha value is -1.65. The maximum absolute atomic E-state index is 13.7. The van der Waals surface area contributed by atoms with Gasteiger partial charge in [-0.2, -0.15) is 0 Å². The van der Waals surface area contributed by atoms with Gasteiger partial charge in [-0.15, -0.1) is 0 Å². The average Bonchev–Trinajstić information content (AvgIpc) is 3.61. The molecule has 2 saturated heterocycles. The van der Waals surface area contributed by atoms with Crippen molar-refractivity contribution in [1.82, 2.24) is 4.90 Å². The molecule has 2 heterocycles. The molecule has 0 bridgehead atoms. The summed E-state index contributed by atoms with van der Waals surface area (Å²) in [5, 5.41) is 21.4. The molecule has 2 aliphatic heterocycles. The predicted molar refractivity (Wildman–Crippen MR) is 179 cm³/mol. The monoisotopic (exact) mass is 685 g/mol. The number of benzene rings is 1. The fourth-order valence-corrected chi connectivity index (χ4v) is 13.3. The molecule has 1 aromatic rings. The summed E-state index contributed by atoms with van der Waals surface area (Å²) >= 11 is 0. The molecule has 0 aromatic heterocycles. The van der Waals surface area contributed by atoms with E-state index in [0.717, 1.165) is 37.7 Å². The van der Waals surface area contributed by atoms with Crippen LogP contribution in [0.5, 0.6) is 0 Å². The van der Waals surface area contributed by atoms with Crippen molar-refractivity contribution < 1.29 is 38.0 Å². The highest BCUT2D eigenvalue weighted by Gasteiger charge is 2.80. The summed E-state index contributed by atoms with van der Waals surface area (Å²) in [4.78, 5) is 14.8. The van der Waals surface area contributed by atoms with E-state index in [9.17, 15) is 23.8 Å². The number of hydrogen-bond donors (Lipinski definition) is 2. The van der Waals surface area contributed by atoms with Gasteiger partial charge in [-0.05, 0) is 141 Å². The summed E-state index contributed by atoms with van der Waals surface area (Å²) in [6, 6.07) is 3.26. The van der Waals surface area contributed by atoms with Crippen molar-refractivity contribution in [2.75, 3.05) is 19.7 Å². The number of morpholine rings is 1. The number of amides is 1. The minimum atomic E-state index is -1.17. The fraction of sp³-hybridized carbons (Fsp3) is 0.825. The third-order valence-electron chi connectivity index (χ3n) is 15.6. The zero-order chi connectivity index (χ0) is 34.7. The molecule has 272 valence electrons. The minimum Gasteiger partial charge on any atom is -0.388 e. The van der Waals surface area contributed by atoms with Crippen molar-refractivity contribution in [3.05, 3.63) is 35.4 Å². The summed E-state index contributed by atoms with van der Waals surface area (Å²) in [5.74, 6) is 0.951. The summed E-state index contributed by atoms with van der Waals surface area (Å²) in [7, 11) is 0. The van der Waals surface area contributed by atoms with Crippen LogP contribution in [0.1, 0.15) is 104 Å². The molecule has 1 amide bonds. The highest BCUT2D eigenvalue weighted by atomic mass is 19.1. The molecule has 7 fully saturated rings. The molecule has 9 heteroatoms. The molecule has 2 N–H and O–H groups in total. The number of hydrogen-bond acceptors (Lipinski definition) is 6. The van der Waals surface area contributed by atoms with Crippen molar-refractivity contribution in [2.24, 2.45) is 45.3 Å². The second-order valence-corrected chi connectivity index (χ2v) is 18.6. The van der Waals surface area contributed by atoms with E-state index in [1.54, 1.807) is 18.7 Å². The molecule has 12 atom stereocenters. The average molecular weight is 686 g/mol. The summed E-state index contributed by atoms with van der Waals surface area (Å²) in [6.07, 6.45) is 9.96. The zero-order valence-electron chi connectivity index (χ0n) is 30.1. The van der Waals surface area contributed by atoms with E-state index in [1.165, 1.54) is 50.7 Å². The van der Waals surface area contributed by atoms with Crippen LogP contribution in [0.3, 0.4) is 0 Å². The lowest BCUT2D eigenvalue weighted by molar-refractivity contribution is -0.244. The second kappa shape index (κ2) is 11.7. The number of carbonyl (C=O) groups excluding carboxylic acids is 1. The van der Waals surface area contributed by atoms with Crippen molar-refractivity contribution in [3.8, 4) is 0 Å². The van der Waals surface area contributed by atoms with Gasteiger partial charge in [-0.1, -0.05) is 20.8 Å². The summed E-state index contributed by atoms with van der Waals surface area (Å²) in [6.45, 7) is 11.9. The first-order valence-electron chi connectivity index (χ1n) is 19.1. The molecule has 1 aromatic carbocycles. The molecule has 7 aliphatic rings. The van der Waals surface area contributed by atoms with Crippen molar-refractivity contribution in [2.45, 2.75) is 142 Å². The van der Waals surface area contributed by atoms with Crippen LogP contribution in [-0.4, -0.2) is 77.0 Å². The van der Waals surface area contributed by atoms with Crippen molar-refractivity contribution >= 4 is 5.91 Å². The van der Waals surface area contributed by atoms with Gasteiger partial charge in [0.2, 0.25) is 5.91 Å². The normalized spacial score (nSPS) is 44.6. The van der Waals surface area contributed by atoms with Gasteiger partial charge in [0.25, 0.3) is 0 Å². The van der Waals surface area contributed by atoms with Crippen LogP contribution < -0.4 is 0 Å². The lowest BCUT2D eigenvalue weighted by Gasteiger charge is -2.60. The Morgan fingerprint density at radius 1 is 1.00 bits per heavy atom. The zero-order valence-corrected chi connectivity index (χ0v) is 30.1. The maximum atomic E-state index is 13.7. The van der Waals surface area contributed by atoms with Crippen LogP contribution in [0.2, 0.25) is 0 Å². The molecule has 7 nitrogen and oxygen atoms in total. The van der Waals surface area contributed by atoms with E-state index in [0.29, 0.717) is 53.8 Å². The highest BCUT2D eigenvalue weighted by Crippen LogP contribution is 2.87. The fourth-order valence-electron chi connectivity index (χ4n) is 13.3. The Morgan fingerprint density at radius 3 is 2.47 bits per heavy atom. The lowest BCUT2D eigenvalue weighted by atomic mass is 9.46. The number of carbonyl (C=O) groups is 1. The highest BCUT2D eigenvalue weighted by molar-refractivity contribution is 5.78. The largest absolute Gasteiger partial charge is 0.388 e. The van der Waals surface area contributed by atoms with Crippen LogP contribution in [0.15, 0.2) is 18.2 Å². The molecule has 5 aliphatic carbocycles. The molecule has 2 spiro atoms. The number of ether oxygens (including phenoxy) is 3. The van der Waals surface area contributed by atoms with E-state index in [2.05, 4.69) is 20.8 Å². The van der Waals surface area contributed by atoms with Gasteiger partial charge < -0.3 is 29.3 Å². The third kappa shape index (κ3) is 5.37. The van der Waals surface area contributed by atoms with Gasteiger partial charge in [0.15, 0.2) is 6.29 Å². The van der Waals surface area contributed by atoms with Gasteiger partial charge in [0, 0.05) is 12.6 Å². The van der Waals surface area contributed by atoms with E-state index in [-0.39, 0.29) is 41.5 Å². The van der Waals surface area contributed by atoms with Gasteiger partial charge in [-0.25, -0.2) is 8.78 Å². The van der Waals surface area contributed by atoms with Crippen LogP contribution in [0.25, 0.3) is 0 Å². The van der Waals surface area contributed by atoms with E-state index < -0.39 is 29.6 Å². The summed E-state index contributed by atoms with van der Waals surface area (Å²) in [5.41, 5.74) is 0.182. The Bertz CT molecular complexity index is 1440. The molecular weight excluding hydrogens is 628 g/mol. The van der Waals surface area contributed by atoms with E-state index in [1.807, 2.05) is 0 Å². The van der Waals surface area contributed by atoms with E-state index in [4.69, 9.17) is 14.2 Å². The SMILES string of the molecule is CC12CC[C@@]34CC35CC[C@H](OC3CN(C(=O)Cc6cc(F)cc(F)c6)CCO3)C(C)(C)C5CCC4C1CC1OC([C@H](O)C(C)(C)O)CCC12. The Labute approximate surface area is 290 Å². The Kier molecular flexibility index (Phi) is 8.21. The predicted octanol–water partition coefficient (Wildman–Crippen LogP) is 6.42. The van der Waals surface area contributed by atoms with Gasteiger partial charge in [0.05, 0.1) is 43.5 Å². The number of halogens is 2. The lowest BCUT2D eigenvalue weighted by Crippen LogP contribution is -2.56. The number of aliphatic hydroxyl groups excluding tert-OH is 1. The van der Waals surface area contributed by atoms with Crippen molar-refractivity contribution in [1.29, 1.82) is 0 Å². The van der Waals surface area contributed by atoms with Gasteiger partial charge >= 0.3 is 0 Å². The van der Waals surface area contributed by atoms with E-state index >= 15 is 0 Å². The second-order valence-electron chi connectivity index (χ2n) is 18.6. The Balaban J connectivity index is 0.928. The number of nitrogens with zero attached hydrogens (tertiary/aromatic N) is 1. The first kappa shape index (κ1) is 34.4. The van der Waals surface area contributed by atoms with Crippen LogP contribution in [-0.2, 0) is 25.4 Å². The number of aliphatic hydroxyl groups is 2. The number of fused-ring (bicyclic) bond motifs is 4. The quantitative estimate of drug-likeness (QED) is 0.360. The number of rotatable bonds is 6. The minimum absolute atomic E-state index is 0.0323. The van der Waals surface area contributed by atoms with Gasteiger partial charge in [-0.3, -0.25) is 4.79 Å². The Morgan fingerprint density at radius 2 is 1.73 bits per heavy atom. The maximum Gasteiger partial charge on any atom is 0.227 e. The first-order chi connectivity index (χ1) is 23.1. The molecule has 5 saturated carbocycles. The smallest absolute Gasteiger partial charge is 0.227 e. The molecule has 49 heavy (non-hydrogen) atoms. The van der Waals surface area contributed by atoms with Crippen molar-refractivity contribution in [3.63, 3.8) is 0 Å². The van der Waals surface area contributed by atoms with Crippen LogP contribution in [0, 0.1) is 57.0 Å². The molecule has 9 unspecified atom stereocenters. The topological polar surface area (TPSA) is 88.5 Å².